The van der Waals surface area contributed by atoms with Crippen LogP contribution >= 0.6 is 46.3 Å². The molecule has 1 aliphatic heterocycles. The molecular formula is C28H21Cl2N3O4S2. The molecule has 0 bridgehead atoms. The molecule has 5 rings (SSSR count). The molecule has 39 heavy (non-hydrogen) atoms. The Kier molecular flexibility index (Phi) is 7.95. The summed E-state index contributed by atoms with van der Waals surface area (Å²) in [5.41, 5.74) is 2.85. The van der Waals surface area contributed by atoms with Gasteiger partial charge in [-0.1, -0.05) is 94.3 Å². The van der Waals surface area contributed by atoms with E-state index < -0.39 is 17.7 Å². The molecule has 1 N–H and O–H groups in total. The maximum atomic E-state index is 13.4. The van der Waals surface area contributed by atoms with E-state index in [-0.39, 0.29) is 16.5 Å². The third-order valence-electron chi connectivity index (χ3n) is 6.15. The summed E-state index contributed by atoms with van der Waals surface area (Å²) in [4.78, 5) is 28.1. The molecule has 4 aromatic rings. The Morgan fingerprint density at radius 3 is 2.56 bits per heavy atom. The van der Waals surface area contributed by atoms with E-state index in [2.05, 4.69) is 10.2 Å². The van der Waals surface area contributed by atoms with E-state index in [0.717, 1.165) is 11.1 Å². The highest BCUT2D eigenvalue weighted by Crippen LogP contribution is 2.44. The van der Waals surface area contributed by atoms with E-state index in [0.29, 0.717) is 37.0 Å². The van der Waals surface area contributed by atoms with Crippen molar-refractivity contribution in [2.24, 2.45) is 0 Å². The molecule has 1 amide bonds. The Hall–Kier alpha value is -3.37. The molecular weight excluding hydrogens is 577 g/mol. The van der Waals surface area contributed by atoms with E-state index >= 15 is 0 Å². The Balaban J connectivity index is 1.54. The molecule has 11 heteroatoms. The number of hydrogen-bond donors (Lipinski definition) is 1. The fourth-order valence-electron chi connectivity index (χ4n) is 4.16. The van der Waals surface area contributed by atoms with Crippen LogP contribution in [0.5, 0.6) is 5.75 Å². The summed E-state index contributed by atoms with van der Waals surface area (Å²) < 4.78 is 5.97. The number of ether oxygens (including phenoxy) is 1. The van der Waals surface area contributed by atoms with Gasteiger partial charge in [-0.15, -0.1) is 10.2 Å². The van der Waals surface area contributed by atoms with Gasteiger partial charge < -0.3 is 9.84 Å². The van der Waals surface area contributed by atoms with Crippen molar-refractivity contribution in [2.75, 3.05) is 12.0 Å². The number of carbonyl (C=O) groups excluding carboxylic acids is 2. The predicted octanol–water partition coefficient (Wildman–Crippen LogP) is 7.08. The number of Topliss-reactive ketones (excluding diaryl/α,β-unsaturated/α-hetero) is 1. The number of aliphatic hydroxyl groups is 1. The zero-order valence-corrected chi connectivity index (χ0v) is 23.9. The lowest BCUT2D eigenvalue weighted by molar-refractivity contribution is -0.132. The molecule has 2 heterocycles. The van der Waals surface area contributed by atoms with Crippen molar-refractivity contribution >= 4 is 68.9 Å². The molecule has 198 valence electrons. The Morgan fingerprint density at radius 1 is 1.08 bits per heavy atom. The number of ketones is 1. The monoisotopic (exact) mass is 597 g/mol. The van der Waals surface area contributed by atoms with Crippen LogP contribution in [-0.4, -0.2) is 34.1 Å². The van der Waals surface area contributed by atoms with E-state index in [1.54, 1.807) is 48.5 Å². The van der Waals surface area contributed by atoms with Crippen molar-refractivity contribution in [3.63, 3.8) is 0 Å². The summed E-state index contributed by atoms with van der Waals surface area (Å²) in [7, 11) is 1.53. The average molecular weight is 599 g/mol. The van der Waals surface area contributed by atoms with Gasteiger partial charge in [0.2, 0.25) is 5.13 Å². The van der Waals surface area contributed by atoms with Crippen molar-refractivity contribution < 1.29 is 19.4 Å². The smallest absolute Gasteiger partial charge is 0.301 e. The van der Waals surface area contributed by atoms with Crippen LogP contribution in [0.2, 0.25) is 10.0 Å². The first kappa shape index (κ1) is 27.2. The number of methoxy groups -OCH3 is 1. The van der Waals surface area contributed by atoms with Crippen LogP contribution < -0.4 is 9.64 Å². The first-order valence-electron chi connectivity index (χ1n) is 11.7. The van der Waals surface area contributed by atoms with Gasteiger partial charge in [0.05, 0.1) is 18.7 Å². The number of aromatic nitrogens is 2. The molecule has 0 spiro atoms. The Labute approximate surface area is 243 Å². The molecule has 7 nitrogen and oxygen atoms in total. The number of benzene rings is 3. The van der Waals surface area contributed by atoms with Crippen LogP contribution in [0.4, 0.5) is 5.13 Å². The largest absolute Gasteiger partial charge is 0.507 e. The normalized spacial score (nSPS) is 16.6. The third kappa shape index (κ3) is 5.53. The fourth-order valence-corrected chi connectivity index (χ4v) is 6.59. The second-order valence-electron chi connectivity index (χ2n) is 8.69. The summed E-state index contributed by atoms with van der Waals surface area (Å²) in [6, 6.07) is 18.4. The highest BCUT2D eigenvalue weighted by molar-refractivity contribution is 8.00. The molecule has 1 aromatic heterocycles. The Bertz CT molecular complexity index is 1600. The summed E-state index contributed by atoms with van der Waals surface area (Å²) in [5.74, 6) is -0.818. The molecule has 0 saturated carbocycles. The van der Waals surface area contributed by atoms with Crippen LogP contribution in [0.15, 0.2) is 76.6 Å². The molecule has 0 aliphatic carbocycles. The first-order chi connectivity index (χ1) is 18.8. The number of nitrogens with zero attached hydrogens (tertiary/aromatic N) is 3. The van der Waals surface area contributed by atoms with Crippen molar-refractivity contribution in [3.05, 3.63) is 105 Å². The van der Waals surface area contributed by atoms with E-state index in [9.17, 15) is 14.7 Å². The number of aliphatic hydroxyl groups excluding tert-OH is 1. The minimum Gasteiger partial charge on any atom is -0.507 e. The van der Waals surface area contributed by atoms with Gasteiger partial charge in [0.25, 0.3) is 5.78 Å². The molecule has 1 atom stereocenters. The highest BCUT2D eigenvalue weighted by Gasteiger charge is 2.48. The van der Waals surface area contributed by atoms with Gasteiger partial charge >= 0.3 is 5.91 Å². The zero-order valence-electron chi connectivity index (χ0n) is 20.7. The van der Waals surface area contributed by atoms with Gasteiger partial charge in [-0.2, -0.15) is 0 Å². The van der Waals surface area contributed by atoms with Gasteiger partial charge in [-0.05, 0) is 42.3 Å². The third-order valence-corrected chi connectivity index (χ3v) is 8.84. The van der Waals surface area contributed by atoms with Crippen LogP contribution in [0.3, 0.4) is 0 Å². The average Bonchev–Trinajstić information content (AvgIpc) is 3.50. The number of rotatable bonds is 7. The fraction of sp³-hybridized carbons (Fsp3) is 0.143. The van der Waals surface area contributed by atoms with Crippen LogP contribution in [0.25, 0.3) is 5.76 Å². The Morgan fingerprint density at radius 2 is 1.85 bits per heavy atom. The van der Waals surface area contributed by atoms with Gasteiger partial charge in [0.15, 0.2) is 4.34 Å². The minimum atomic E-state index is -0.932. The van der Waals surface area contributed by atoms with Crippen LogP contribution in [0, 0.1) is 6.92 Å². The lowest BCUT2D eigenvalue weighted by Gasteiger charge is -2.23. The minimum absolute atomic E-state index is 0.0329. The van der Waals surface area contributed by atoms with Crippen molar-refractivity contribution in [1.82, 2.24) is 10.2 Å². The highest BCUT2D eigenvalue weighted by atomic mass is 35.5. The van der Waals surface area contributed by atoms with E-state index in [1.807, 2.05) is 25.1 Å². The molecule has 1 unspecified atom stereocenters. The van der Waals surface area contributed by atoms with Gasteiger partial charge in [0.1, 0.15) is 11.5 Å². The predicted molar refractivity (Wildman–Crippen MR) is 155 cm³/mol. The number of aryl methyl sites for hydroxylation is 1. The maximum Gasteiger partial charge on any atom is 0.301 e. The summed E-state index contributed by atoms with van der Waals surface area (Å²) in [6.45, 7) is 1.92. The van der Waals surface area contributed by atoms with Gasteiger partial charge in [-0.25, -0.2) is 0 Å². The van der Waals surface area contributed by atoms with Crippen LogP contribution in [-0.2, 0) is 15.3 Å². The van der Waals surface area contributed by atoms with Gasteiger partial charge in [-0.3, -0.25) is 14.5 Å². The van der Waals surface area contributed by atoms with Crippen molar-refractivity contribution in [2.45, 2.75) is 23.1 Å². The second-order valence-corrected chi connectivity index (χ2v) is 11.7. The number of anilines is 1. The molecule has 3 aromatic carbocycles. The SMILES string of the molecule is COc1cccc(C2/C(=C(/O)c3ccc(C)cc3)C(=O)C(=O)N2c2nnc(SCc3ccc(Cl)cc3Cl)s2)c1. The quantitative estimate of drug-likeness (QED) is 0.0799. The summed E-state index contributed by atoms with van der Waals surface area (Å²) in [5, 5.41) is 21.1. The van der Waals surface area contributed by atoms with E-state index in [4.69, 9.17) is 27.9 Å². The summed E-state index contributed by atoms with van der Waals surface area (Å²) >= 11 is 14.9. The number of halogens is 2. The molecule has 1 saturated heterocycles. The number of carbonyl (C=O) groups is 2. The molecule has 0 radical (unpaired) electrons. The van der Waals surface area contributed by atoms with Gasteiger partial charge in [0, 0.05) is 21.4 Å². The summed E-state index contributed by atoms with van der Waals surface area (Å²) in [6.07, 6.45) is 0. The number of amides is 1. The first-order valence-corrected chi connectivity index (χ1v) is 14.2. The lowest BCUT2D eigenvalue weighted by Crippen LogP contribution is -2.29. The maximum absolute atomic E-state index is 13.4. The standard InChI is InChI=1S/C28H21Cl2N3O4S2/c1-15-6-8-16(9-7-15)24(34)22-23(17-4-3-5-20(12-17)37-2)33(26(36)25(22)35)27-31-32-28(39-27)38-14-18-10-11-19(29)13-21(18)30/h3-13,23,34H,14H2,1-2H3/b24-22-. The molecule has 1 aliphatic rings. The van der Waals surface area contributed by atoms with Crippen molar-refractivity contribution in [3.8, 4) is 5.75 Å². The zero-order chi connectivity index (χ0) is 27.7. The van der Waals surface area contributed by atoms with Crippen LogP contribution in [0.1, 0.15) is 28.3 Å². The van der Waals surface area contributed by atoms with E-state index in [1.165, 1.54) is 35.1 Å². The number of thioether (sulfide) groups is 1. The second kappa shape index (κ2) is 11.4. The lowest BCUT2D eigenvalue weighted by atomic mass is 9.95. The molecule has 1 fully saturated rings. The topological polar surface area (TPSA) is 92.6 Å². The van der Waals surface area contributed by atoms with Crippen molar-refractivity contribution in [1.29, 1.82) is 0 Å². The number of hydrogen-bond acceptors (Lipinski definition) is 8.